The molecule has 0 bridgehead atoms. The molecule has 1 fully saturated rings. The van der Waals surface area contributed by atoms with Crippen LogP contribution in [0.4, 0.5) is 4.79 Å². The number of carbonyl (C=O) groups excluding carboxylic acids is 2. The van der Waals surface area contributed by atoms with Gasteiger partial charge < -0.3 is 9.30 Å². The van der Waals surface area contributed by atoms with Crippen LogP contribution in [0.3, 0.4) is 0 Å². The number of hydrogen-bond acceptors (Lipinski definition) is 4. The summed E-state index contributed by atoms with van der Waals surface area (Å²) in [5, 5.41) is 0. The molecular weight excluding hydrogens is 366 g/mol. The minimum atomic E-state index is -0.632. The number of piperidine rings is 1. The van der Waals surface area contributed by atoms with Crippen molar-refractivity contribution in [1.82, 2.24) is 14.5 Å². The number of amides is 2. The van der Waals surface area contributed by atoms with Crippen molar-refractivity contribution < 1.29 is 14.3 Å². The lowest BCUT2D eigenvalue weighted by molar-refractivity contribution is -0.127. The quantitative estimate of drug-likeness (QED) is 0.678. The van der Waals surface area contributed by atoms with Gasteiger partial charge in [-0.3, -0.25) is 4.79 Å². The fourth-order valence-electron chi connectivity index (χ4n) is 3.97. The Hall–Kier alpha value is -2.89. The highest BCUT2D eigenvalue weighted by atomic mass is 16.6. The fourth-order valence-corrected chi connectivity index (χ4v) is 3.97. The first-order chi connectivity index (χ1) is 13.8. The van der Waals surface area contributed by atoms with E-state index in [2.05, 4.69) is 27.8 Å². The molecule has 0 saturated carbocycles. The minimum Gasteiger partial charge on any atom is -0.443 e. The summed E-state index contributed by atoms with van der Waals surface area (Å²) >= 11 is 0. The van der Waals surface area contributed by atoms with Gasteiger partial charge in [-0.25, -0.2) is 14.7 Å². The Morgan fingerprint density at radius 1 is 1.14 bits per heavy atom. The number of carbonyl (C=O) groups is 2. The van der Waals surface area contributed by atoms with Crippen molar-refractivity contribution in [3.05, 3.63) is 53.1 Å². The molecule has 4 rings (SSSR count). The van der Waals surface area contributed by atoms with Gasteiger partial charge in [-0.2, -0.15) is 0 Å². The van der Waals surface area contributed by atoms with Gasteiger partial charge in [0, 0.05) is 23.5 Å². The van der Waals surface area contributed by atoms with Crippen molar-refractivity contribution >= 4 is 18.1 Å². The zero-order valence-electron chi connectivity index (χ0n) is 17.3. The predicted molar refractivity (Wildman–Crippen MR) is 111 cm³/mol. The Kier molecular flexibility index (Phi) is 5.03. The number of imide groups is 1. The molecular formula is C23H27N3O3. The van der Waals surface area contributed by atoms with Crippen LogP contribution < -0.4 is 0 Å². The molecule has 0 unspecified atom stereocenters. The third-order valence-electron chi connectivity index (χ3n) is 5.28. The summed E-state index contributed by atoms with van der Waals surface area (Å²) in [4.78, 5) is 31.2. The van der Waals surface area contributed by atoms with Crippen LogP contribution >= 0.6 is 0 Å². The van der Waals surface area contributed by atoms with Gasteiger partial charge in [0.15, 0.2) is 0 Å². The normalized spacial score (nSPS) is 18.2. The van der Waals surface area contributed by atoms with E-state index in [1.807, 2.05) is 18.5 Å². The number of likely N-dealkylation sites (tertiary alicyclic amines) is 1. The van der Waals surface area contributed by atoms with E-state index < -0.39 is 11.7 Å². The van der Waals surface area contributed by atoms with E-state index in [1.165, 1.54) is 10.5 Å². The Bertz CT molecular complexity index is 981. The monoisotopic (exact) mass is 393 g/mol. The standard InChI is InChI=1S/C23H27N3O3/c1-23(2,3)29-22(28)25-13-7-10-17(21(25)27)14-18-20-12-6-9-16-8-4-5-11-19(16)26(20)15-24-18/h4-5,8,11,14-15H,6-7,9-10,12-13H2,1-3H3. The first-order valence-corrected chi connectivity index (χ1v) is 10.2. The second-order valence-corrected chi connectivity index (χ2v) is 8.64. The van der Waals surface area contributed by atoms with Crippen LogP contribution in [0.2, 0.25) is 0 Å². The molecule has 1 saturated heterocycles. The number of benzene rings is 1. The molecule has 152 valence electrons. The van der Waals surface area contributed by atoms with Gasteiger partial charge in [-0.05, 0) is 70.6 Å². The van der Waals surface area contributed by atoms with E-state index in [1.54, 1.807) is 20.8 Å². The number of ether oxygens (including phenoxy) is 1. The molecule has 1 aromatic heterocycles. The molecule has 2 aromatic rings. The zero-order valence-corrected chi connectivity index (χ0v) is 17.3. The van der Waals surface area contributed by atoms with Crippen molar-refractivity contribution in [2.24, 2.45) is 0 Å². The zero-order chi connectivity index (χ0) is 20.6. The van der Waals surface area contributed by atoms with Gasteiger partial charge in [-0.15, -0.1) is 0 Å². The summed E-state index contributed by atoms with van der Waals surface area (Å²) in [7, 11) is 0. The number of fused-ring (bicyclic) bond motifs is 3. The highest BCUT2D eigenvalue weighted by molar-refractivity contribution is 6.05. The molecule has 0 radical (unpaired) electrons. The van der Waals surface area contributed by atoms with E-state index in [0.717, 1.165) is 42.8 Å². The van der Waals surface area contributed by atoms with Crippen LogP contribution in [0.15, 0.2) is 36.2 Å². The van der Waals surface area contributed by atoms with E-state index >= 15 is 0 Å². The molecule has 0 atom stereocenters. The highest BCUT2D eigenvalue weighted by Gasteiger charge is 2.32. The van der Waals surface area contributed by atoms with Crippen LogP contribution in [-0.2, 0) is 22.4 Å². The van der Waals surface area contributed by atoms with Gasteiger partial charge >= 0.3 is 6.09 Å². The number of para-hydroxylation sites is 1. The fraction of sp³-hybridized carbons (Fsp3) is 0.435. The number of aryl methyl sites for hydroxylation is 1. The Morgan fingerprint density at radius 3 is 2.72 bits per heavy atom. The number of aromatic nitrogens is 2. The van der Waals surface area contributed by atoms with Crippen molar-refractivity contribution in [3.8, 4) is 5.69 Å². The number of hydrogen-bond donors (Lipinski definition) is 0. The molecule has 2 amide bonds. The van der Waals surface area contributed by atoms with Crippen molar-refractivity contribution in [1.29, 1.82) is 0 Å². The Labute approximate surface area is 171 Å². The van der Waals surface area contributed by atoms with Crippen LogP contribution in [0.1, 0.15) is 57.0 Å². The molecule has 1 aromatic carbocycles. The molecule has 0 spiro atoms. The lowest BCUT2D eigenvalue weighted by atomic mass is 10.0. The average Bonchev–Trinajstić information content (AvgIpc) is 2.95. The van der Waals surface area contributed by atoms with Crippen LogP contribution in [-0.4, -0.2) is 38.6 Å². The maximum atomic E-state index is 12.9. The van der Waals surface area contributed by atoms with Gasteiger partial charge in [-0.1, -0.05) is 18.2 Å². The van der Waals surface area contributed by atoms with E-state index in [-0.39, 0.29) is 5.91 Å². The molecule has 2 aliphatic rings. The summed E-state index contributed by atoms with van der Waals surface area (Å²) < 4.78 is 7.53. The van der Waals surface area contributed by atoms with Gasteiger partial charge in [0.2, 0.25) is 0 Å². The first kappa shape index (κ1) is 19.4. The summed E-state index contributed by atoms with van der Waals surface area (Å²) in [5.74, 6) is -0.277. The molecule has 0 N–H and O–H groups in total. The first-order valence-electron chi connectivity index (χ1n) is 10.2. The molecule has 0 aliphatic carbocycles. The lowest BCUT2D eigenvalue weighted by Gasteiger charge is -2.29. The van der Waals surface area contributed by atoms with E-state index in [0.29, 0.717) is 18.5 Å². The molecule has 6 nitrogen and oxygen atoms in total. The summed E-state index contributed by atoms with van der Waals surface area (Å²) in [5.41, 5.74) is 4.38. The van der Waals surface area contributed by atoms with Gasteiger partial charge in [0.25, 0.3) is 5.91 Å². The number of nitrogens with zero attached hydrogens (tertiary/aromatic N) is 3. The van der Waals surface area contributed by atoms with Crippen LogP contribution in [0, 0.1) is 0 Å². The SMILES string of the molecule is CC(C)(C)OC(=O)N1CCCC(=Cc2ncn3c2CCCc2ccccc2-3)C1=O. The second kappa shape index (κ2) is 7.50. The summed E-state index contributed by atoms with van der Waals surface area (Å²) in [6.07, 6.45) is 7.46. The van der Waals surface area contributed by atoms with Gasteiger partial charge in [0.05, 0.1) is 5.69 Å². The maximum Gasteiger partial charge on any atom is 0.417 e. The largest absolute Gasteiger partial charge is 0.443 e. The third-order valence-corrected chi connectivity index (χ3v) is 5.28. The predicted octanol–water partition coefficient (Wildman–Crippen LogP) is 4.30. The van der Waals surface area contributed by atoms with Crippen molar-refractivity contribution in [3.63, 3.8) is 0 Å². The maximum absolute atomic E-state index is 12.9. The van der Waals surface area contributed by atoms with Gasteiger partial charge in [0.1, 0.15) is 11.9 Å². The van der Waals surface area contributed by atoms with Crippen LogP contribution in [0.5, 0.6) is 0 Å². The second-order valence-electron chi connectivity index (χ2n) is 8.64. The summed E-state index contributed by atoms with van der Waals surface area (Å²) in [6.45, 7) is 5.79. The Balaban J connectivity index is 1.63. The molecule has 29 heavy (non-hydrogen) atoms. The topological polar surface area (TPSA) is 64.4 Å². The van der Waals surface area contributed by atoms with E-state index in [4.69, 9.17) is 4.74 Å². The lowest BCUT2D eigenvalue weighted by Crippen LogP contribution is -2.44. The smallest absolute Gasteiger partial charge is 0.417 e. The van der Waals surface area contributed by atoms with Crippen LogP contribution in [0.25, 0.3) is 11.8 Å². The van der Waals surface area contributed by atoms with E-state index in [9.17, 15) is 9.59 Å². The van der Waals surface area contributed by atoms with Crippen molar-refractivity contribution in [2.75, 3.05) is 6.54 Å². The number of rotatable bonds is 1. The third kappa shape index (κ3) is 3.97. The number of imidazole rings is 1. The highest BCUT2D eigenvalue weighted by Crippen LogP contribution is 2.28. The van der Waals surface area contributed by atoms with Crippen molar-refractivity contribution in [2.45, 2.75) is 58.5 Å². The molecule has 3 heterocycles. The summed E-state index contributed by atoms with van der Waals surface area (Å²) in [6, 6.07) is 8.37. The molecule has 6 heteroatoms. The minimum absolute atomic E-state index is 0.277. The molecule has 2 aliphatic heterocycles. The average molecular weight is 393 g/mol. The Morgan fingerprint density at radius 2 is 1.93 bits per heavy atom.